The molecule has 1 N–H and O–H groups in total. The lowest BCUT2D eigenvalue weighted by Gasteiger charge is -2.49. The lowest BCUT2D eigenvalue weighted by Crippen LogP contribution is -2.60. The van der Waals surface area contributed by atoms with Gasteiger partial charge >= 0.3 is 5.97 Å². The van der Waals surface area contributed by atoms with Crippen molar-refractivity contribution in [1.82, 2.24) is 9.80 Å². The van der Waals surface area contributed by atoms with Gasteiger partial charge in [-0.15, -0.1) is 11.3 Å². The van der Waals surface area contributed by atoms with Gasteiger partial charge in [0.25, 0.3) is 5.92 Å². The first-order valence-corrected chi connectivity index (χ1v) is 9.28. The van der Waals surface area contributed by atoms with Crippen LogP contribution in [0.3, 0.4) is 0 Å². The Balaban J connectivity index is 1.80. The maximum absolute atomic E-state index is 14.4. The Morgan fingerprint density at radius 1 is 1.36 bits per heavy atom. The Labute approximate surface area is 149 Å². The zero-order valence-corrected chi connectivity index (χ0v) is 15.0. The summed E-state index contributed by atoms with van der Waals surface area (Å²) >= 11 is 1.09. The molecule has 8 heteroatoms. The number of piperidine rings is 2. The van der Waals surface area contributed by atoms with Crippen molar-refractivity contribution in [2.24, 2.45) is 5.41 Å². The van der Waals surface area contributed by atoms with Crippen molar-refractivity contribution in [2.45, 2.75) is 38.7 Å². The number of carbonyl (C=O) groups excluding carboxylic acids is 1. The number of aromatic carboxylic acids is 1. The smallest absolute Gasteiger partial charge is 0.345 e. The number of amides is 1. The van der Waals surface area contributed by atoms with Crippen LogP contribution in [0.2, 0.25) is 0 Å². The SMILES string of the molecule is CCN1CCC[C@@]2(CN(Cc3ccc(C(=O)O)s3)CC(F)(F)C2)C1=O. The zero-order valence-electron chi connectivity index (χ0n) is 14.1. The summed E-state index contributed by atoms with van der Waals surface area (Å²) in [4.78, 5) is 28.0. The first kappa shape index (κ1) is 18.3. The molecule has 0 aliphatic carbocycles. The van der Waals surface area contributed by atoms with E-state index in [0.29, 0.717) is 26.1 Å². The second-order valence-electron chi connectivity index (χ2n) is 7.02. The minimum atomic E-state index is -2.92. The van der Waals surface area contributed by atoms with Gasteiger partial charge in [0.2, 0.25) is 5.91 Å². The average Bonchev–Trinajstić information content (AvgIpc) is 2.97. The van der Waals surface area contributed by atoms with Crippen LogP contribution in [0.15, 0.2) is 12.1 Å². The number of carboxylic acids is 1. The molecular formula is C17H22F2N2O3S. The van der Waals surface area contributed by atoms with Gasteiger partial charge in [0, 0.05) is 37.5 Å². The molecule has 1 spiro atoms. The van der Waals surface area contributed by atoms with Gasteiger partial charge in [-0.1, -0.05) is 0 Å². The zero-order chi connectivity index (χ0) is 18.2. The van der Waals surface area contributed by atoms with E-state index in [9.17, 15) is 18.4 Å². The van der Waals surface area contributed by atoms with Crippen LogP contribution in [0.25, 0.3) is 0 Å². The minimum absolute atomic E-state index is 0.164. The largest absolute Gasteiger partial charge is 0.477 e. The Kier molecular flexibility index (Phi) is 4.85. The lowest BCUT2D eigenvalue weighted by atomic mass is 9.71. The second-order valence-corrected chi connectivity index (χ2v) is 8.19. The number of likely N-dealkylation sites (tertiary alicyclic amines) is 2. The number of halogens is 2. The van der Waals surface area contributed by atoms with Crippen molar-refractivity contribution < 1.29 is 23.5 Å². The maximum atomic E-state index is 14.4. The second kappa shape index (κ2) is 6.64. The number of thiophene rings is 1. The molecule has 0 unspecified atom stereocenters. The van der Waals surface area contributed by atoms with Crippen LogP contribution in [0, 0.1) is 5.41 Å². The summed E-state index contributed by atoms with van der Waals surface area (Å²) in [6, 6.07) is 3.15. The summed E-state index contributed by atoms with van der Waals surface area (Å²) in [5.41, 5.74) is -1.02. The van der Waals surface area contributed by atoms with Crippen molar-refractivity contribution in [2.75, 3.05) is 26.2 Å². The van der Waals surface area contributed by atoms with E-state index in [1.54, 1.807) is 15.9 Å². The van der Waals surface area contributed by atoms with E-state index >= 15 is 0 Å². The molecule has 0 radical (unpaired) electrons. The Hall–Kier alpha value is -1.54. The standard InChI is InChI=1S/C17H22F2N2O3S/c1-2-21-7-3-6-16(15(21)24)9-17(18,19)11-20(10-16)8-12-4-5-13(25-12)14(22)23/h4-5H,2-3,6-11H2,1H3,(H,22,23)/t16-/m1/s1. The Morgan fingerprint density at radius 3 is 2.76 bits per heavy atom. The van der Waals surface area contributed by atoms with E-state index in [4.69, 9.17) is 5.11 Å². The molecule has 1 aromatic rings. The molecule has 1 aromatic heterocycles. The highest BCUT2D eigenvalue weighted by molar-refractivity contribution is 7.13. The maximum Gasteiger partial charge on any atom is 0.345 e. The number of nitrogens with zero attached hydrogens (tertiary/aromatic N) is 2. The van der Waals surface area contributed by atoms with Gasteiger partial charge < -0.3 is 10.0 Å². The summed E-state index contributed by atoms with van der Waals surface area (Å²) in [6.45, 7) is 3.20. The number of rotatable bonds is 4. The van der Waals surface area contributed by atoms with E-state index < -0.39 is 30.3 Å². The monoisotopic (exact) mass is 372 g/mol. The van der Waals surface area contributed by atoms with E-state index in [1.165, 1.54) is 6.07 Å². The summed E-state index contributed by atoms with van der Waals surface area (Å²) < 4.78 is 28.8. The van der Waals surface area contributed by atoms with Gasteiger partial charge in [-0.25, -0.2) is 13.6 Å². The molecule has 25 heavy (non-hydrogen) atoms. The third-order valence-corrected chi connectivity index (χ3v) is 6.09. The third kappa shape index (κ3) is 3.69. The van der Waals surface area contributed by atoms with E-state index in [2.05, 4.69) is 0 Å². The van der Waals surface area contributed by atoms with E-state index in [1.807, 2.05) is 6.92 Å². The molecule has 0 saturated carbocycles. The van der Waals surface area contributed by atoms with Crippen LogP contribution in [0.1, 0.15) is 40.7 Å². The molecule has 0 bridgehead atoms. The number of alkyl halides is 2. The third-order valence-electron chi connectivity index (χ3n) is 5.04. The van der Waals surface area contributed by atoms with Crippen molar-refractivity contribution in [3.8, 4) is 0 Å². The lowest BCUT2D eigenvalue weighted by molar-refractivity contribution is -0.169. The summed E-state index contributed by atoms with van der Waals surface area (Å²) in [5.74, 6) is -4.10. The molecule has 2 fully saturated rings. The summed E-state index contributed by atoms with van der Waals surface area (Å²) in [7, 11) is 0. The quantitative estimate of drug-likeness (QED) is 0.883. The van der Waals surface area contributed by atoms with Gasteiger partial charge in [0.1, 0.15) is 4.88 Å². The highest BCUT2D eigenvalue weighted by Gasteiger charge is 2.54. The molecule has 138 valence electrons. The number of hydrogen-bond donors (Lipinski definition) is 1. The average molecular weight is 372 g/mol. The van der Waals surface area contributed by atoms with Crippen LogP contribution >= 0.6 is 11.3 Å². The van der Waals surface area contributed by atoms with Gasteiger partial charge in [-0.05, 0) is 31.9 Å². The fourth-order valence-corrected chi connectivity index (χ4v) is 4.98. The fraction of sp³-hybridized carbons (Fsp3) is 0.647. The van der Waals surface area contributed by atoms with Gasteiger partial charge in [-0.2, -0.15) is 0 Å². The van der Waals surface area contributed by atoms with Crippen LogP contribution in [-0.2, 0) is 11.3 Å². The first-order valence-electron chi connectivity index (χ1n) is 8.46. The normalized spacial score (nSPS) is 27.0. The number of hydrogen-bond acceptors (Lipinski definition) is 4. The Morgan fingerprint density at radius 2 is 2.12 bits per heavy atom. The van der Waals surface area contributed by atoms with Crippen LogP contribution in [0.5, 0.6) is 0 Å². The van der Waals surface area contributed by atoms with Crippen molar-refractivity contribution in [1.29, 1.82) is 0 Å². The topological polar surface area (TPSA) is 60.9 Å². The van der Waals surface area contributed by atoms with Crippen LogP contribution in [-0.4, -0.2) is 58.9 Å². The van der Waals surface area contributed by atoms with Crippen LogP contribution < -0.4 is 0 Å². The van der Waals surface area contributed by atoms with Crippen molar-refractivity contribution in [3.63, 3.8) is 0 Å². The summed E-state index contributed by atoms with van der Waals surface area (Å²) in [5, 5.41) is 9.00. The van der Waals surface area contributed by atoms with Crippen molar-refractivity contribution in [3.05, 3.63) is 21.9 Å². The molecule has 5 nitrogen and oxygen atoms in total. The molecule has 1 amide bonds. The van der Waals surface area contributed by atoms with Gasteiger partial charge in [0.15, 0.2) is 0 Å². The molecule has 3 heterocycles. The molecule has 0 aromatic carbocycles. The van der Waals surface area contributed by atoms with Gasteiger partial charge in [0.05, 0.1) is 12.0 Å². The van der Waals surface area contributed by atoms with Crippen molar-refractivity contribution >= 4 is 23.2 Å². The fourth-order valence-electron chi connectivity index (χ4n) is 4.09. The van der Waals surface area contributed by atoms with E-state index in [-0.39, 0.29) is 17.3 Å². The predicted molar refractivity (Wildman–Crippen MR) is 90.0 cm³/mol. The molecular weight excluding hydrogens is 350 g/mol. The highest BCUT2D eigenvalue weighted by Crippen LogP contribution is 2.45. The first-order chi connectivity index (χ1) is 11.7. The summed E-state index contributed by atoms with van der Waals surface area (Å²) in [6.07, 6.45) is 0.835. The van der Waals surface area contributed by atoms with Gasteiger partial charge in [-0.3, -0.25) is 9.69 Å². The number of carbonyl (C=O) groups is 2. The predicted octanol–water partition coefficient (Wildman–Crippen LogP) is 2.92. The number of carboxylic acid groups (broad SMARTS) is 1. The van der Waals surface area contributed by atoms with E-state index in [0.717, 1.165) is 22.6 Å². The molecule has 2 saturated heterocycles. The molecule has 2 aliphatic rings. The molecule has 1 atom stereocenters. The van der Waals surface area contributed by atoms with Crippen LogP contribution in [0.4, 0.5) is 8.78 Å². The molecule has 3 rings (SSSR count). The Bertz CT molecular complexity index is 679. The molecule has 2 aliphatic heterocycles. The highest BCUT2D eigenvalue weighted by atomic mass is 32.1. The minimum Gasteiger partial charge on any atom is -0.477 e.